The van der Waals surface area contributed by atoms with E-state index in [4.69, 9.17) is 0 Å². The van der Waals surface area contributed by atoms with Crippen LogP contribution in [0.1, 0.15) is 18.1 Å². The molecule has 16 nitrogen and oxygen atoms in total. The number of carbonyl (C=O) groups is 1. The average Bonchev–Trinajstić information content (AvgIpc) is 0.701. The maximum absolute atomic E-state index is 17.0. The minimum Gasteiger partial charge on any atom is -0.423 e. The maximum Gasteiger partial charge on any atom is 0.489 e. The Morgan fingerprint density at radius 2 is 0.333 bits per heavy atom. The zero-order valence-electron chi connectivity index (χ0n) is 62.9. The highest BCUT2D eigenvalue weighted by atomic mass is 19.5. The molecule has 0 saturated heterocycles. The van der Waals surface area contributed by atoms with E-state index in [9.17, 15) is 265 Å². The van der Waals surface area contributed by atoms with Crippen LogP contribution in [0, 0.1) is 0 Å². The largest absolute Gasteiger partial charge is 0.489 e. The fraction of sp³-hybridized carbons (Fsp3) is 0.854. The summed E-state index contributed by atoms with van der Waals surface area (Å²) in [6.45, 7) is -1.20. The summed E-state index contributed by atoms with van der Waals surface area (Å²) >= 11 is 0. The quantitative estimate of drug-likeness (QED) is 0.0417. The Morgan fingerprint density at radius 3 is 0.456 bits per heavy atom. The third-order valence-corrected chi connectivity index (χ3v) is 15.3. The number of rotatable bonds is 40. The predicted molar refractivity (Wildman–Crippen MR) is 262 cm³/mol. The van der Waals surface area contributed by atoms with Gasteiger partial charge in [-0.3, -0.25) is 61.6 Å². The summed E-state index contributed by atoms with van der Waals surface area (Å²) in [5.41, 5.74) is -20.3. The smallest absolute Gasteiger partial charge is 0.423 e. The van der Waals surface area contributed by atoms with Crippen LogP contribution in [0.2, 0.25) is 0 Å². The molecular formula is C48H8BF82NO15. The van der Waals surface area contributed by atoms with Gasteiger partial charge in [0.2, 0.25) is 5.91 Å². The molecule has 3 N–H and O–H groups in total. The number of alkyl halides is 82. The van der Waals surface area contributed by atoms with Gasteiger partial charge in [-0.15, -0.1) is 0 Å². The SMILES string of the molecule is CC(=O)Nc1c(C(F)(OC(F)(F)C(F)(OC(F)(F)C(F)(OC(F)(F)C(F)(OC(F)(F)C(F)(OC(F)(F)C(F)(OC(F)(F)C(F)(F)C(F)(F)F)C(F)(F)F)C(F)(F)F)C(F)(F)F)C(F)(F)F)C(F)(F)F)C(F)(F)F)ccc(B(O)O)c1C(F)(OC(F)(F)C(F)(OC(F)(F)C(F)(OC(F)(F)C(F)(OC(F)(F)C(F)(OC(F)(F)C(F)(OC(F)(F)C(F)(F)C(F)(F)F)C(F)(F)F)C(F)(F)F)C(F)(F)F)C(F)(F)F)C(F)(F)F)C(F)(F)F. The third-order valence-electron chi connectivity index (χ3n) is 15.3. The molecule has 872 valence electrons. The first-order valence-electron chi connectivity index (χ1n) is 31.1. The van der Waals surface area contributed by atoms with Gasteiger partial charge in [-0.1, -0.05) is 12.1 Å². The van der Waals surface area contributed by atoms with Gasteiger partial charge in [0.25, 0.3) is 0 Å². The molecule has 0 aliphatic heterocycles. The van der Waals surface area contributed by atoms with Crippen LogP contribution in [0.4, 0.5) is 366 Å². The molecule has 99 heteroatoms. The van der Waals surface area contributed by atoms with Gasteiger partial charge in [0.15, 0.2) is 0 Å². The predicted octanol–water partition coefficient (Wildman–Crippen LogP) is 24.7. The van der Waals surface area contributed by atoms with Crippen molar-refractivity contribution >= 4 is 24.2 Å². The van der Waals surface area contributed by atoms with E-state index >= 15 is 110 Å². The highest BCUT2D eigenvalue weighted by Crippen LogP contribution is 2.70. The average molecular weight is 2410 g/mol. The van der Waals surface area contributed by atoms with E-state index in [0.717, 1.165) is 0 Å². The molecule has 0 saturated carbocycles. The summed E-state index contributed by atoms with van der Waals surface area (Å²) in [4.78, 5) is 12.2. The second-order valence-corrected chi connectivity index (χ2v) is 25.7. The molecule has 0 bridgehead atoms. The zero-order valence-corrected chi connectivity index (χ0v) is 62.9. The maximum atomic E-state index is 17.0. The van der Waals surface area contributed by atoms with Crippen LogP contribution < -0.4 is 10.8 Å². The first-order valence-corrected chi connectivity index (χ1v) is 31.1. The van der Waals surface area contributed by atoms with E-state index in [2.05, 4.69) is 0 Å². The van der Waals surface area contributed by atoms with Crippen molar-refractivity contribution in [3.05, 3.63) is 23.3 Å². The summed E-state index contributed by atoms with van der Waals surface area (Å²) in [6, 6.07) is -4.83. The zero-order chi connectivity index (χ0) is 120. The number of hydrogen-bond donors (Lipinski definition) is 3. The van der Waals surface area contributed by atoms with E-state index in [1.807, 2.05) is 0 Å². The summed E-state index contributed by atoms with van der Waals surface area (Å²) in [7, 11) is -5.48. The van der Waals surface area contributed by atoms with E-state index < -0.39 is 302 Å². The molecule has 0 fully saturated rings. The van der Waals surface area contributed by atoms with Crippen molar-refractivity contribution in [2.75, 3.05) is 5.32 Å². The molecule has 12 unspecified atom stereocenters. The van der Waals surface area contributed by atoms with Crippen LogP contribution in [0.15, 0.2) is 12.1 Å². The summed E-state index contributed by atoms with van der Waals surface area (Å²) in [5.74, 6) is -143. The molecule has 12 atom stereocenters. The van der Waals surface area contributed by atoms with Gasteiger partial charge in [-0.2, -0.15) is 360 Å². The van der Waals surface area contributed by atoms with Crippen molar-refractivity contribution < 1.29 is 432 Å². The second kappa shape index (κ2) is 37.1. The standard InChI is InChI=1S/C48H8BF82NO15/c1-4(133)132-8-5(9(50,23(66,67)68)136-39(112,113)13(56,27(78,79)80)140-43(120,121)17(60,31(90,91)92)144-47(128,129)21(64,35(102,103)104)146-45(124,125)19(62,33(96,97)98)142-41(116,117)15(58,29(84,85)86)138-37(108,109)11(52,53)25(72,73)74)2-3-6(49(134)135)7(8)10(51,24(69,70)71)137-40(114,115)14(57,28(81,82)83)141-44(122,123)18(61,32(93,94)95)145-48(130,131)22(65,36(105,106)107)147-46(126,127)20(63,34(99,100)101)143-42(118,119)16(59,30(87,88)89)139-38(110,111)12(54,55)26(75,76)77/h2-3,134-135H,1H3,(H,132,133). The van der Waals surface area contributed by atoms with Crippen LogP contribution in [0.25, 0.3) is 0 Å². The number of carbonyl (C=O) groups excluding carboxylic acids is 1. The first kappa shape index (κ1) is 137. The molecule has 0 aliphatic carbocycles. The Morgan fingerprint density at radius 1 is 0.197 bits per heavy atom. The molecule has 0 aromatic heterocycles. The van der Waals surface area contributed by atoms with Crippen molar-refractivity contribution in [2.45, 2.75) is 249 Å². The summed E-state index contributed by atoms with van der Waals surface area (Å²) < 4.78 is 1190. The number of nitrogens with one attached hydrogen (secondary N) is 1. The molecule has 1 aromatic carbocycles. The number of ether oxygens (including phenoxy) is 12. The summed E-state index contributed by atoms with van der Waals surface area (Å²) in [6.07, 6.45) is -256. The minimum absolute atomic E-state index is 0.387. The lowest BCUT2D eigenvalue weighted by molar-refractivity contribution is -0.605. The van der Waals surface area contributed by atoms with Crippen molar-refractivity contribution in [1.29, 1.82) is 0 Å². The lowest BCUT2D eigenvalue weighted by Crippen LogP contribution is -2.73. The van der Waals surface area contributed by atoms with Crippen molar-refractivity contribution in [1.82, 2.24) is 0 Å². The Balaban J connectivity index is 5.03. The van der Waals surface area contributed by atoms with Crippen LogP contribution in [-0.2, 0) is 73.3 Å². The lowest BCUT2D eigenvalue weighted by atomic mass is 9.73. The highest BCUT2D eigenvalue weighted by molar-refractivity contribution is 6.59. The number of halogens is 82. The van der Waals surface area contributed by atoms with Crippen LogP contribution in [0.5, 0.6) is 0 Å². The monoisotopic (exact) mass is 2410 g/mol. The summed E-state index contributed by atoms with van der Waals surface area (Å²) in [5, 5.41) is 18.4. The van der Waals surface area contributed by atoms with Crippen LogP contribution >= 0.6 is 0 Å². The van der Waals surface area contributed by atoms with Gasteiger partial charge in [0, 0.05) is 18.1 Å². The Labute approximate surface area is 734 Å². The van der Waals surface area contributed by atoms with Crippen molar-refractivity contribution in [2.24, 2.45) is 0 Å². The number of benzene rings is 1. The van der Waals surface area contributed by atoms with Gasteiger partial charge >= 0.3 is 249 Å². The molecule has 1 rings (SSSR count). The van der Waals surface area contributed by atoms with Gasteiger partial charge < -0.3 is 15.4 Å². The van der Waals surface area contributed by atoms with Crippen molar-refractivity contribution in [3.63, 3.8) is 0 Å². The lowest BCUT2D eigenvalue weighted by Gasteiger charge is -2.45. The minimum atomic E-state index is -10.6. The highest BCUT2D eigenvalue weighted by Gasteiger charge is 2.97. The molecule has 147 heavy (non-hydrogen) atoms. The molecule has 0 heterocycles. The number of anilines is 1. The van der Waals surface area contributed by atoms with Crippen LogP contribution in [-0.4, -0.2) is 253 Å². The topological polar surface area (TPSA) is 180 Å². The Bertz CT molecular complexity index is 4740. The van der Waals surface area contributed by atoms with E-state index in [1.165, 1.54) is 9.47 Å². The fourth-order valence-corrected chi connectivity index (χ4v) is 8.33. The molecule has 0 radical (unpaired) electrons. The molecule has 1 aromatic rings. The molecule has 0 aliphatic rings. The van der Waals surface area contributed by atoms with Crippen LogP contribution in [0.3, 0.4) is 0 Å². The number of hydrogen-bond acceptors (Lipinski definition) is 15. The Hall–Kier alpha value is -7.55. The van der Waals surface area contributed by atoms with Gasteiger partial charge in [-0.05, 0) is 5.46 Å². The number of amides is 1. The second-order valence-electron chi connectivity index (χ2n) is 25.7. The normalized spacial score (nSPS) is 20.6. The molecule has 1 amide bonds. The van der Waals surface area contributed by atoms with Crippen molar-refractivity contribution in [3.8, 4) is 0 Å². The molecular weight excluding hydrogens is 2400 g/mol. The Kier molecular flexibility index (Phi) is 34.7. The molecule has 0 spiro atoms. The van der Waals surface area contributed by atoms with Gasteiger partial charge in [0.05, 0.1) is 5.69 Å². The first-order chi connectivity index (χ1) is 62.3. The van der Waals surface area contributed by atoms with E-state index in [1.54, 1.807) is 0 Å². The van der Waals surface area contributed by atoms with E-state index in [0.29, 0.717) is 47.4 Å². The van der Waals surface area contributed by atoms with Gasteiger partial charge in [0.1, 0.15) is 0 Å². The van der Waals surface area contributed by atoms with E-state index in [-0.39, 0.29) is 0 Å². The third kappa shape index (κ3) is 22.9. The fourth-order valence-electron chi connectivity index (χ4n) is 8.33. The van der Waals surface area contributed by atoms with Gasteiger partial charge in [-0.25, -0.2) is 0 Å².